The molecule has 1 aliphatic heterocycles. The lowest BCUT2D eigenvalue weighted by atomic mass is 9.95. The minimum absolute atomic E-state index is 0.105. The molecule has 0 amide bonds. The summed E-state index contributed by atoms with van der Waals surface area (Å²) in [6.07, 6.45) is 2.28. The summed E-state index contributed by atoms with van der Waals surface area (Å²) in [6.45, 7) is 4.58. The highest BCUT2D eigenvalue weighted by Gasteiger charge is 2.27. The van der Waals surface area contributed by atoms with Crippen LogP contribution < -0.4 is 5.73 Å². The first-order valence-electron chi connectivity index (χ1n) is 6.51. The van der Waals surface area contributed by atoms with Crippen molar-refractivity contribution >= 4 is 11.6 Å². The van der Waals surface area contributed by atoms with E-state index >= 15 is 0 Å². The van der Waals surface area contributed by atoms with E-state index in [0.717, 1.165) is 31.8 Å². The maximum absolute atomic E-state index is 14.0. The molecular formula is C14H20ClFN2. The van der Waals surface area contributed by atoms with Gasteiger partial charge in [0.05, 0.1) is 6.04 Å². The number of nitrogens with zero attached hydrogens (tertiary/aromatic N) is 1. The van der Waals surface area contributed by atoms with Crippen LogP contribution in [0.3, 0.4) is 0 Å². The van der Waals surface area contributed by atoms with Gasteiger partial charge in [0, 0.05) is 17.1 Å². The lowest BCUT2D eigenvalue weighted by Crippen LogP contribution is -2.39. The van der Waals surface area contributed by atoms with E-state index in [-0.39, 0.29) is 11.9 Å². The maximum Gasteiger partial charge on any atom is 0.129 e. The van der Waals surface area contributed by atoms with Crippen molar-refractivity contribution in [1.29, 1.82) is 0 Å². The molecule has 0 saturated carbocycles. The van der Waals surface area contributed by atoms with Gasteiger partial charge < -0.3 is 5.73 Å². The van der Waals surface area contributed by atoms with Crippen molar-refractivity contribution in [2.24, 2.45) is 11.7 Å². The van der Waals surface area contributed by atoms with E-state index in [1.165, 1.54) is 6.07 Å². The molecule has 0 aromatic heterocycles. The smallest absolute Gasteiger partial charge is 0.129 e. The molecule has 0 spiro atoms. The average Bonchev–Trinajstić information content (AvgIpc) is 2.35. The van der Waals surface area contributed by atoms with Crippen LogP contribution in [0, 0.1) is 11.7 Å². The van der Waals surface area contributed by atoms with E-state index in [2.05, 4.69) is 11.8 Å². The van der Waals surface area contributed by atoms with Crippen molar-refractivity contribution in [2.75, 3.05) is 19.6 Å². The largest absolute Gasteiger partial charge is 0.329 e. The Labute approximate surface area is 113 Å². The van der Waals surface area contributed by atoms with E-state index in [4.69, 9.17) is 17.3 Å². The summed E-state index contributed by atoms with van der Waals surface area (Å²) in [5.74, 6) is 0.493. The maximum atomic E-state index is 14.0. The number of nitrogens with two attached hydrogens (primary N) is 1. The van der Waals surface area contributed by atoms with Crippen molar-refractivity contribution in [3.63, 3.8) is 0 Å². The normalized spacial score (nSPS) is 20.0. The lowest BCUT2D eigenvalue weighted by Gasteiger charge is -2.36. The van der Waals surface area contributed by atoms with Crippen LogP contribution in [0.2, 0.25) is 5.02 Å². The lowest BCUT2D eigenvalue weighted by molar-refractivity contribution is 0.139. The van der Waals surface area contributed by atoms with Crippen LogP contribution in [0.4, 0.5) is 4.39 Å². The SMILES string of the molecule is CC1CCN([C@H](CN)c2c(F)cccc2Cl)CC1. The molecule has 2 N–H and O–H groups in total. The molecule has 2 nitrogen and oxygen atoms in total. The Bertz CT molecular complexity index is 383. The fourth-order valence-electron chi connectivity index (χ4n) is 2.62. The van der Waals surface area contributed by atoms with Gasteiger partial charge in [-0.05, 0) is 44.0 Å². The summed E-state index contributed by atoms with van der Waals surface area (Å²) < 4.78 is 14.0. The first-order chi connectivity index (χ1) is 8.63. The van der Waals surface area contributed by atoms with E-state index < -0.39 is 0 Å². The summed E-state index contributed by atoms with van der Waals surface area (Å²) in [5, 5.41) is 0.476. The zero-order chi connectivity index (χ0) is 13.1. The molecule has 0 bridgehead atoms. The summed E-state index contributed by atoms with van der Waals surface area (Å²) in [5.41, 5.74) is 6.39. The Morgan fingerprint density at radius 3 is 2.67 bits per heavy atom. The number of hydrogen-bond donors (Lipinski definition) is 1. The number of halogens is 2. The summed E-state index contributed by atoms with van der Waals surface area (Å²) in [6, 6.07) is 4.71. The molecule has 0 aliphatic carbocycles. The van der Waals surface area contributed by atoms with Crippen LogP contribution in [0.5, 0.6) is 0 Å². The summed E-state index contributed by atoms with van der Waals surface area (Å²) in [4.78, 5) is 2.25. The van der Waals surface area contributed by atoms with Gasteiger partial charge in [0.25, 0.3) is 0 Å². The molecule has 1 aromatic rings. The number of benzene rings is 1. The number of piperidine rings is 1. The third kappa shape index (κ3) is 2.85. The van der Waals surface area contributed by atoms with E-state index in [1.54, 1.807) is 12.1 Å². The Morgan fingerprint density at radius 2 is 2.11 bits per heavy atom. The van der Waals surface area contributed by atoms with Crippen LogP contribution >= 0.6 is 11.6 Å². The molecule has 1 saturated heterocycles. The zero-order valence-corrected chi connectivity index (χ0v) is 11.5. The molecule has 100 valence electrons. The molecular weight excluding hydrogens is 251 g/mol. The van der Waals surface area contributed by atoms with E-state index in [1.807, 2.05) is 0 Å². The third-order valence-corrected chi connectivity index (χ3v) is 4.14. The molecule has 18 heavy (non-hydrogen) atoms. The topological polar surface area (TPSA) is 29.3 Å². The van der Waals surface area contributed by atoms with Gasteiger partial charge in [0.2, 0.25) is 0 Å². The highest BCUT2D eigenvalue weighted by atomic mass is 35.5. The molecule has 1 fully saturated rings. The second-order valence-corrected chi connectivity index (χ2v) is 5.51. The van der Waals surface area contributed by atoms with Gasteiger partial charge in [-0.1, -0.05) is 24.6 Å². The summed E-state index contributed by atoms with van der Waals surface area (Å²) >= 11 is 6.13. The third-order valence-electron chi connectivity index (χ3n) is 3.82. The first-order valence-corrected chi connectivity index (χ1v) is 6.89. The molecule has 1 atom stereocenters. The van der Waals surface area contributed by atoms with Crippen LogP contribution in [-0.4, -0.2) is 24.5 Å². The molecule has 1 heterocycles. The Hall–Kier alpha value is -0.640. The van der Waals surface area contributed by atoms with Crippen molar-refractivity contribution in [3.05, 3.63) is 34.6 Å². The van der Waals surface area contributed by atoms with Crippen LogP contribution in [0.25, 0.3) is 0 Å². The van der Waals surface area contributed by atoms with Crippen LogP contribution in [0.1, 0.15) is 31.4 Å². The van der Waals surface area contributed by atoms with Crippen molar-refractivity contribution in [3.8, 4) is 0 Å². The number of rotatable bonds is 3. The minimum atomic E-state index is -0.253. The zero-order valence-electron chi connectivity index (χ0n) is 10.7. The fourth-order valence-corrected chi connectivity index (χ4v) is 2.91. The van der Waals surface area contributed by atoms with Crippen molar-refractivity contribution in [1.82, 2.24) is 4.90 Å². The molecule has 0 unspecified atom stereocenters. The molecule has 0 radical (unpaired) electrons. The van der Waals surface area contributed by atoms with Crippen molar-refractivity contribution < 1.29 is 4.39 Å². The standard InChI is InChI=1S/C14H20ClFN2/c1-10-5-7-18(8-6-10)13(9-17)14-11(15)3-2-4-12(14)16/h2-4,10,13H,5-9,17H2,1H3/t13-/m1/s1. The first kappa shape index (κ1) is 13.8. The van der Waals surface area contributed by atoms with Crippen molar-refractivity contribution in [2.45, 2.75) is 25.8 Å². The Morgan fingerprint density at radius 1 is 1.44 bits per heavy atom. The highest BCUT2D eigenvalue weighted by molar-refractivity contribution is 6.31. The fraction of sp³-hybridized carbons (Fsp3) is 0.571. The van der Waals surface area contributed by atoms with Crippen LogP contribution in [-0.2, 0) is 0 Å². The number of likely N-dealkylation sites (tertiary alicyclic amines) is 1. The molecule has 2 rings (SSSR count). The van der Waals surface area contributed by atoms with Gasteiger partial charge >= 0.3 is 0 Å². The van der Waals surface area contributed by atoms with Crippen LogP contribution in [0.15, 0.2) is 18.2 Å². The second kappa shape index (κ2) is 6.00. The average molecular weight is 271 g/mol. The predicted molar refractivity (Wildman–Crippen MR) is 73.2 cm³/mol. The number of hydrogen-bond acceptors (Lipinski definition) is 2. The van der Waals surface area contributed by atoms with Gasteiger partial charge in [-0.2, -0.15) is 0 Å². The monoisotopic (exact) mass is 270 g/mol. The Kier molecular flexibility index (Phi) is 4.60. The molecule has 4 heteroatoms. The molecule has 1 aliphatic rings. The van der Waals surface area contributed by atoms with E-state index in [0.29, 0.717) is 17.1 Å². The second-order valence-electron chi connectivity index (χ2n) is 5.11. The van der Waals surface area contributed by atoms with Gasteiger partial charge in [-0.25, -0.2) is 4.39 Å². The predicted octanol–water partition coefficient (Wildman–Crippen LogP) is 3.21. The molecule has 1 aromatic carbocycles. The quantitative estimate of drug-likeness (QED) is 0.914. The minimum Gasteiger partial charge on any atom is -0.329 e. The van der Waals surface area contributed by atoms with E-state index in [9.17, 15) is 4.39 Å². The Balaban J connectivity index is 2.23. The summed E-state index contributed by atoms with van der Waals surface area (Å²) in [7, 11) is 0. The van der Waals surface area contributed by atoms with Gasteiger partial charge in [-0.15, -0.1) is 0 Å². The van der Waals surface area contributed by atoms with Gasteiger partial charge in [0.15, 0.2) is 0 Å². The van der Waals surface area contributed by atoms with Gasteiger partial charge in [0.1, 0.15) is 5.82 Å². The van der Waals surface area contributed by atoms with Gasteiger partial charge in [-0.3, -0.25) is 4.90 Å². The highest BCUT2D eigenvalue weighted by Crippen LogP contribution is 2.32.